The van der Waals surface area contributed by atoms with Crippen LogP contribution < -0.4 is 10.1 Å². The molecule has 23 heavy (non-hydrogen) atoms. The van der Waals surface area contributed by atoms with Gasteiger partial charge in [-0.05, 0) is 69.7 Å². The molecule has 128 valence electrons. The standard InChI is InChI=1S/C19H29NO3/c1-13(2)23-17-9-8-16(11-15(17)4)20-18(21)19(22-5)10-6-7-14(3)12-19/h8-9,11,13-14H,6-7,10,12H2,1-5H3,(H,20,21)/t14-,19-/m1/s1. The summed E-state index contributed by atoms with van der Waals surface area (Å²) >= 11 is 0. The quantitative estimate of drug-likeness (QED) is 0.879. The number of anilines is 1. The van der Waals surface area contributed by atoms with Gasteiger partial charge in [0.1, 0.15) is 11.4 Å². The van der Waals surface area contributed by atoms with Gasteiger partial charge in [0.15, 0.2) is 0 Å². The average Bonchev–Trinajstić information content (AvgIpc) is 2.49. The van der Waals surface area contributed by atoms with Gasteiger partial charge in [0.25, 0.3) is 5.91 Å². The summed E-state index contributed by atoms with van der Waals surface area (Å²) in [6, 6.07) is 5.75. The number of methoxy groups -OCH3 is 1. The third-order valence-corrected chi connectivity index (χ3v) is 4.56. The largest absolute Gasteiger partial charge is 0.491 e. The van der Waals surface area contributed by atoms with E-state index in [0.29, 0.717) is 5.92 Å². The average molecular weight is 319 g/mol. The van der Waals surface area contributed by atoms with Crippen molar-refractivity contribution in [3.8, 4) is 5.75 Å². The summed E-state index contributed by atoms with van der Waals surface area (Å²) in [5.41, 5.74) is 1.11. The molecule has 0 saturated heterocycles. The molecule has 4 nitrogen and oxygen atoms in total. The monoisotopic (exact) mass is 319 g/mol. The zero-order valence-electron chi connectivity index (χ0n) is 14.9. The first-order valence-electron chi connectivity index (χ1n) is 8.50. The molecule has 0 aliphatic heterocycles. The maximum absolute atomic E-state index is 12.8. The van der Waals surface area contributed by atoms with E-state index in [2.05, 4.69) is 12.2 Å². The minimum atomic E-state index is -0.696. The molecule has 4 heteroatoms. The molecular formula is C19H29NO3. The highest BCUT2D eigenvalue weighted by atomic mass is 16.5. The van der Waals surface area contributed by atoms with Gasteiger partial charge >= 0.3 is 0 Å². The topological polar surface area (TPSA) is 47.6 Å². The van der Waals surface area contributed by atoms with E-state index in [9.17, 15) is 4.79 Å². The summed E-state index contributed by atoms with van der Waals surface area (Å²) in [7, 11) is 1.64. The molecule has 2 atom stereocenters. The van der Waals surface area contributed by atoms with Crippen molar-refractivity contribution in [3.63, 3.8) is 0 Å². The van der Waals surface area contributed by atoms with E-state index >= 15 is 0 Å². The van der Waals surface area contributed by atoms with Crippen LogP contribution in [0.3, 0.4) is 0 Å². The van der Waals surface area contributed by atoms with Crippen molar-refractivity contribution in [2.75, 3.05) is 12.4 Å². The van der Waals surface area contributed by atoms with Crippen molar-refractivity contribution in [1.29, 1.82) is 0 Å². The van der Waals surface area contributed by atoms with Crippen LogP contribution in [0.15, 0.2) is 18.2 Å². The molecule has 0 bridgehead atoms. The first kappa shape index (κ1) is 17.8. The van der Waals surface area contributed by atoms with Gasteiger partial charge in [-0.25, -0.2) is 0 Å². The second-order valence-corrected chi connectivity index (χ2v) is 7.00. The van der Waals surface area contributed by atoms with Crippen molar-refractivity contribution in [3.05, 3.63) is 23.8 Å². The van der Waals surface area contributed by atoms with E-state index in [4.69, 9.17) is 9.47 Å². The molecule has 1 N–H and O–H groups in total. The van der Waals surface area contributed by atoms with Crippen molar-refractivity contribution in [1.82, 2.24) is 0 Å². The normalized spacial score (nSPS) is 24.5. The van der Waals surface area contributed by atoms with Gasteiger partial charge in [0.2, 0.25) is 0 Å². The number of benzene rings is 1. The molecule has 1 aliphatic rings. The fraction of sp³-hybridized carbons (Fsp3) is 0.632. The zero-order chi connectivity index (χ0) is 17.0. The highest BCUT2D eigenvalue weighted by Gasteiger charge is 2.42. The fourth-order valence-electron chi connectivity index (χ4n) is 3.35. The van der Waals surface area contributed by atoms with Crippen LogP contribution in [0.1, 0.15) is 52.0 Å². The summed E-state index contributed by atoms with van der Waals surface area (Å²) in [6.07, 6.45) is 3.90. The number of carbonyl (C=O) groups is 1. The van der Waals surface area contributed by atoms with Gasteiger partial charge in [-0.2, -0.15) is 0 Å². The smallest absolute Gasteiger partial charge is 0.256 e. The molecule has 0 heterocycles. The molecule has 1 aromatic rings. The van der Waals surface area contributed by atoms with Gasteiger partial charge < -0.3 is 14.8 Å². The first-order chi connectivity index (χ1) is 10.9. The van der Waals surface area contributed by atoms with Crippen LogP contribution in [-0.4, -0.2) is 24.7 Å². The SMILES string of the molecule is CO[C@]1(C(=O)Nc2ccc(OC(C)C)c(C)c2)CCC[C@@H](C)C1. The minimum Gasteiger partial charge on any atom is -0.491 e. The lowest BCUT2D eigenvalue weighted by Gasteiger charge is -2.37. The van der Waals surface area contributed by atoms with Crippen molar-refractivity contribution >= 4 is 11.6 Å². The van der Waals surface area contributed by atoms with Crippen LogP contribution in [0.5, 0.6) is 5.75 Å². The van der Waals surface area contributed by atoms with Gasteiger partial charge in [-0.15, -0.1) is 0 Å². The molecule has 0 unspecified atom stereocenters. The lowest BCUT2D eigenvalue weighted by molar-refractivity contribution is -0.143. The molecule has 1 amide bonds. The Labute approximate surface area is 139 Å². The van der Waals surface area contributed by atoms with E-state index in [0.717, 1.165) is 36.3 Å². The molecule has 0 spiro atoms. The molecule has 0 radical (unpaired) electrons. The maximum atomic E-state index is 12.8. The van der Waals surface area contributed by atoms with Gasteiger partial charge in [0, 0.05) is 12.8 Å². The summed E-state index contributed by atoms with van der Waals surface area (Å²) in [6.45, 7) is 8.17. The van der Waals surface area contributed by atoms with E-state index in [-0.39, 0.29) is 12.0 Å². The van der Waals surface area contributed by atoms with Gasteiger partial charge in [-0.3, -0.25) is 4.79 Å². The number of hydrogen-bond donors (Lipinski definition) is 1. The molecule has 1 aliphatic carbocycles. The number of nitrogens with one attached hydrogen (secondary N) is 1. The molecule has 2 rings (SSSR count). The third-order valence-electron chi connectivity index (χ3n) is 4.56. The Bertz CT molecular complexity index is 556. The maximum Gasteiger partial charge on any atom is 0.256 e. The van der Waals surface area contributed by atoms with Crippen molar-refractivity contribution < 1.29 is 14.3 Å². The van der Waals surface area contributed by atoms with Crippen LogP contribution >= 0.6 is 0 Å². The van der Waals surface area contributed by atoms with Crippen LogP contribution in [0.2, 0.25) is 0 Å². The number of carbonyl (C=O) groups excluding carboxylic acids is 1. The minimum absolute atomic E-state index is 0.0384. The highest BCUT2D eigenvalue weighted by Crippen LogP contribution is 2.36. The fourth-order valence-corrected chi connectivity index (χ4v) is 3.35. The summed E-state index contributed by atoms with van der Waals surface area (Å²) in [4.78, 5) is 12.8. The number of rotatable bonds is 5. The van der Waals surface area contributed by atoms with Crippen LogP contribution in [0, 0.1) is 12.8 Å². The van der Waals surface area contributed by atoms with Crippen molar-refractivity contribution in [2.24, 2.45) is 5.92 Å². The molecule has 1 saturated carbocycles. The Morgan fingerprint density at radius 1 is 1.39 bits per heavy atom. The lowest BCUT2D eigenvalue weighted by Crippen LogP contribution is -2.47. The third kappa shape index (κ3) is 4.25. The van der Waals surface area contributed by atoms with Crippen LogP contribution in [0.4, 0.5) is 5.69 Å². The zero-order valence-corrected chi connectivity index (χ0v) is 14.9. The first-order valence-corrected chi connectivity index (χ1v) is 8.50. The van der Waals surface area contributed by atoms with Crippen LogP contribution in [-0.2, 0) is 9.53 Å². The summed E-state index contributed by atoms with van der Waals surface area (Å²) in [5, 5.41) is 3.03. The van der Waals surface area contributed by atoms with E-state index in [1.165, 1.54) is 6.42 Å². The predicted molar refractivity (Wildman–Crippen MR) is 92.9 cm³/mol. The molecular weight excluding hydrogens is 290 g/mol. The second-order valence-electron chi connectivity index (χ2n) is 7.00. The molecule has 1 aromatic carbocycles. The van der Waals surface area contributed by atoms with Crippen LogP contribution in [0.25, 0.3) is 0 Å². The predicted octanol–water partition coefficient (Wildman–Crippen LogP) is 4.32. The van der Waals surface area contributed by atoms with E-state index < -0.39 is 5.60 Å². The van der Waals surface area contributed by atoms with E-state index in [1.54, 1.807) is 7.11 Å². The molecule has 1 fully saturated rings. The second kappa shape index (κ2) is 7.35. The highest BCUT2D eigenvalue weighted by molar-refractivity contribution is 5.97. The number of ether oxygens (including phenoxy) is 2. The molecule has 0 aromatic heterocycles. The van der Waals surface area contributed by atoms with E-state index in [1.807, 2.05) is 39.0 Å². The Morgan fingerprint density at radius 3 is 2.70 bits per heavy atom. The number of amides is 1. The van der Waals surface area contributed by atoms with Crippen molar-refractivity contribution in [2.45, 2.75) is 65.1 Å². The summed E-state index contributed by atoms with van der Waals surface area (Å²) < 4.78 is 11.4. The Morgan fingerprint density at radius 2 is 2.13 bits per heavy atom. The summed E-state index contributed by atoms with van der Waals surface area (Å²) in [5.74, 6) is 1.33. The number of aryl methyl sites for hydroxylation is 1. The number of hydrogen-bond acceptors (Lipinski definition) is 3. The Balaban J connectivity index is 2.11. The lowest BCUT2D eigenvalue weighted by atomic mass is 9.78. The Hall–Kier alpha value is -1.55. The Kier molecular flexibility index (Phi) is 5.69. The van der Waals surface area contributed by atoms with Gasteiger partial charge in [-0.1, -0.05) is 13.3 Å². The van der Waals surface area contributed by atoms with Gasteiger partial charge in [0.05, 0.1) is 6.10 Å².